The number of anilines is 1. The molecule has 1 heterocycles. The van der Waals surface area contributed by atoms with E-state index in [2.05, 4.69) is 10.3 Å². The van der Waals surface area contributed by atoms with Crippen LogP contribution >= 0.6 is 0 Å². The Kier molecular flexibility index (Phi) is 3.84. The van der Waals surface area contributed by atoms with E-state index < -0.39 is 5.97 Å². The zero-order valence-electron chi connectivity index (χ0n) is 12.8. The van der Waals surface area contributed by atoms with E-state index >= 15 is 0 Å². The molecule has 0 fully saturated rings. The van der Waals surface area contributed by atoms with Crippen molar-refractivity contribution < 1.29 is 14.3 Å². The molecule has 0 bridgehead atoms. The number of hydrogen-bond donors (Lipinski definition) is 1. The van der Waals surface area contributed by atoms with E-state index in [1.54, 1.807) is 30.0 Å². The summed E-state index contributed by atoms with van der Waals surface area (Å²) in [5.41, 5.74) is 9.38. The second-order valence-corrected chi connectivity index (χ2v) is 5.01. The number of rotatable bonds is 4. The Balaban J connectivity index is 1.98. The third kappa shape index (κ3) is 2.80. The molecule has 3 rings (SSSR count). The molecule has 0 saturated heterocycles. The minimum atomic E-state index is -0.408. The van der Waals surface area contributed by atoms with Crippen molar-refractivity contribution in [2.24, 2.45) is 0 Å². The van der Waals surface area contributed by atoms with Crippen molar-refractivity contribution in [2.75, 3.05) is 20.0 Å². The number of carbonyl (C=O) groups is 1. The molecule has 0 aliphatic rings. The number of fused-ring (bicyclic) bond motifs is 1. The highest BCUT2D eigenvalue weighted by Gasteiger charge is 2.12. The van der Waals surface area contributed by atoms with E-state index in [0.717, 1.165) is 16.6 Å². The van der Waals surface area contributed by atoms with E-state index in [9.17, 15) is 4.79 Å². The fraction of sp³-hybridized carbons (Fsp3) is 0.188. The third-order valence-corrected chi connectivity index (χ3v) is 3.57. The number of carbonyl (C=O) groups excluding carboxylic acids is 1. The van der Waals surface area contributed by atoms with Gasteiger partial charge in [0.05, 0.1) is 31.8 Å². The molecule has 3 aromatic rings. The zero-order valence-corrected chi connectivity index (χ0v) is 12.8. The second kappa shape index (κ2) is 5.96. The topological polar surface area (TPSA) is 92.3 Å². The SMILES string of the molecule is COC(=O)c1ccc(Cn2nnc3ccc(N)cc32)c(OC)c1. The largest absolute Gasteiger partial charge is 0.496 e. The molecule has 118 valence electrons. The number of nitrogens with zero attached hydrogens (tertiary/aromatic N) is 3. The van der Waals surface area contributed by atoms with Crippen molar-refractivity contribution in [3.8, 4) is 5.75 Å². The standard InChI is InChI=1S/C16H16N4O3/c1-22-15-7-10(16(21)23-2)3-4-11(15)9-20-14-8-12(17)5-6-13(14)18-19-20/h3-8H,9,17H2,1-2H3. The molecule has 2 aromatic carbocycles. The summed E-state index contributed by atoms with van der Waals surface area (Å²) in [6, 6.07) is 10.6. The molecule has 0 atom stereocenters. The van der Waals surface area contributed by atoms with Crippen LogP contribution in [0.25, 0.3) is 11.0 Å². The average Bonchev–Trinajstić information content (AvgIpc) is 2.96. The molecule has 0 aliphatic heterocycles. The number of esters is 1. The summed E-state index contributed by atoms with van der Waals surface area (Å²) in [6.45, 7) is 0.449. The van der Waals surface area contributed by atoms with Crippen LogP contribution in [0.15, 0.2) is 36.4 Å². The number of benzene rings is 2. The van der Waals surface area contributed by atoms with Gasteiger partial charge in [-0.15, -0.1) is 5.10 Å². The smallest absolute Gasteiger partial charge is 0.337 e. The summed E-state index contributed by atoms with van der Waals surface area (Å²) in [6.07, 6.45) is 0. The predicted octanol–water partition coefficient (Wildman–Crippen LogP) is 1.86. The molecule has 1 aromatic heterocycles. The van der Waals surface area contributed by atoms with Gasteiger partial charge < -0.3 is 15.2 Å². The molecule has 7 nitrogen and oxygen atoms in total. The number of aromatic nitrogens is 3. The van der Waals surface area contributed by atoms with Crippen LogP contribution in [-0.4, -0.2) is 35.2 Å². The monoisotopic (exact) mass is 312 g/mol. The fourth-order valence-corrected chi connectivity index (χ4v) is 2.38. The molecule has 0 amide bonds. The second-order valence-electron chi connectivity index (χ2n) is 5.01. The molecule has 7 heteroatoms. The fourth-order valence-electron chi connectivity index (χ4n) is 2.38. The number of methoxy groups -OCH3 is 2. The summed E-state index contributed by atoms with van der Waals surface area (Å²) < 4.78 is 11.8. The lowest BCUT2D eigenvalue weighted by Gasteiger charge is -2.10. The molecular formula is C16H16N4O3. The minimum Gasteiger partial charge on any atom is -0.496 e. The highest BCUT2D eigenvalue weighted by Crippen LogP contribution is 2.23. The lowest BCUT2D eigenvalue weighted by Crippen LogP contribution is -2.06. The lowest BCUT2D eigenvalue weighted by molar-refractivity contribution is 0.0600. The summed E-state index contributed by atoms with van der Waals surface area (Å²) >= 11 is 0. The molecule has 0 unspecified atom stereocenters. The van der Waals surface area contributed by atoms with Crippen LogP contribution in [0.1, 0.15) is 15.9 Å². The van der Waals surface area contributed by atoms with Crippen molar-refractivity contribution >= 4 is 22.7 Å². The summed E-state index contributed by atoms with van der Waals surface area (Å²) in [5.74, 6) is 0.175. The van der Waals surface area contributed by atoms with Crippen LogP contribution in [0.4, 0.5) is 5.69 Å². The Labute approximate surface area is 132 Å². The van der Waals surface area contributed by atoms with Gasteiger partial charge in [-0.25, -0.2) is 9.48 Å². The lowest BCUT2D eigenvalue weighted by atomic mass is 10.1. The van der Waals surface area contributed by atoms with Gasteiger partial charge in [0.25, 0.3) is 0 Å². The number of hydrogen-bond acceptors (Lipinski definition) is 6. The maximum Gasteiger partial charge on any atom is 0.337 e. The molecule has 0 radical (unpaired) electrons. The quantitative estimate of drug-likeness (QED) is 0.584. The normalized spacial score (nSPS) is 10.7. The van der Waals surface area contributed by atoms with Crippen LogP contribution in [0, 0.1) is 0 Å². The Morgan fingerprint density at radius 2 is 2.04 bits per heavy atom. The molecule has 2 N–H and O–H groups in total. The van der Waals surface area contributed by atoms with E-state index in [1.807, 2.05) is 18.2 Å². The van der Waals surface area contributed by atoms with Crippen molar-refractivity contribution in [3.63, 3.8) is 0 Å². The summed E-state index contributed by atoms with van der Waals surface area (Å²) in [4.78, 5) is 11.6. The van der Waals surface area contributed by atoms with E-state index in [0.29, 0.717) is 23.5 Å². The highest BCUT2D eigenvalue weighted by molar-refractivity contribution is 5.90. The van der Waals surface area contributed by atoms with Crippen LogP contribution < -0.4 is 10.5 Å². The summed E-state index contributed by atoms with van der Waals surface area (Å²) in [5, 5.41) is 8.26. The van der Waals surface area contributed by atoms with Crippen molar-refractivity contribution in [1.29, 1.82) is 0 Å². The van der Waals surface area contributed by atoms with Crippen LogP contribution in [0.5, 0.6) is 5.75 Å². The van der Waals surface area contributed by atoms with Gasteiger partial charge in [-0.1, -0.05) is 11.3 Å². The first-order chi connectivity index (χ1) is 11.1. The van der Waals surface area contributed by atoms with Gasteiger partial charge in [-0.05, 0) is 30.3 Å². The van der Waals surface area contributed by atoms with Crippen LogP contribution in [0.2, 0.25) is 0 Å². The van der Waals surface area contributed by atoms with Crippen molar-refractivity contribution in [2.45, 2.75) is 6.54 Å². The molecule has 0 spiro atoms. The number of nitrogen functional groups attached to an aromatic ring is 1. The van der Waals surface area contributed by atoms with Crippen molar-refractivity contribution in [1.82, 2.24) is 15.0 Å². The summed E-state index contributed by atoms with van der Waals surface area (Å²) in [7, 11) is 2.89. The van der Waals surface area contributed by atoms with Gasteiger partial charge in [0.15, 0.2) is 0 Å². The minimum absolute atomic E-state index is 0.408. The molecular weight excluding hydrogens is 296 g/mol. The third-order valence-electron chi connectivity index (χ3n) is 3.57. The molecule has 23 heavy (non-hydrogen) atoms. The molecule has 0 saturated carbocycles. The number of ether oxygens (including phenoxy) is 2. The first kappa shape index (κ1) is 14.8. The highest BCUT2D eigenvalue weighted by atomic mass is 16.5. The first-order valence-electron chi connectivity index (χ1n) is 6.96. The Morgan fingerprint density at radius 1 is 1.22 bits per heavy atom. The van der Waals surface area contributed by atoms with Gasteiger partial charge in [-0.3, -0.25) is 0 Å². The van der Waals surface area contributed by atoms with E-state index in [1.165, 1.54) is 7.11 Å². The van der Waals surface area contributed by atoms with E-state index in [4.69, 9.17) is 15.2 Å². The Morgan fingerprint density at radius 3 is 2.78 bits per heavy atom. The van der Waals surface area contributed by atoms with Crippen molar-refractivity contribution in [3.05, 3.63) is 47.5 Å². The molecule has 0 aliphatic carbocycles. The predicted molar refractivity (Wildman–Crippen MR) is 85.4 cm³/mol. The maximum absolute atomic E-state index is 11.6. The van der Waals surface area contributed by atoms with Gasteiger partial charge >= 0.3 is 5.97 Å². The van der Waals surface area contributed by atoms with Gasteiger partial charge in [-0.2, -0.15) is 0 Å². The average molecular weight is 312 g/mol. The Hall–Kier alpha value is -3.09. The maximum atomic E-state index is 11.6. The Bertz CT molecular complexity index is 873. The van der Waals surface area contributed by atoms with Crippen LogP contribution in [-0.2, 0) is 11.3 Å². The van der Waals surface area contributed by atoms with Gasteiger partial charge in [0.1, 0.15) is 11.3 Å². The number of nitrogens with two attached hydrogens (primary N) is 1. The first-order valence-corrected chi connectivity index (χ1v) is 6.96. The zero-order chi connectivity index (χ0) is 16.4. The van der Waals surface area contributed by atoms with Gasteiger partial charge in [0.2, 0.25) is 0 Å². The van der Waals surface area contributed by atoms with Crippen LogP contribution in [0.3, 0.4) is 0 Å². The van der Waals surface area contributed by atoms with E-state index in [-0.39, 0.29) is 0 Å². The van der Waals surface area contributed by atoms with Gasteiger partial charge in [0, 0.05) is 11.3 Å².